The second kappa shape index (κ2) is 20.1. The van der Waals surface area contributed by atoms with Gasteiger partial charge in [0, 0.05) is 31.5 Å². The van der Waals surface area contributed by atoms with E-state index < -0.39 is 42.2 Å². The highest BCUT2D eigenvalue weighted by Gasteiger charge is 2.48. The third-order valence-electron chi connectivity index (χ3n) is 7.52. The number of nitrogens with zero attached hydrogens (tertiary/aromatic N) is 2. The van der Waals surface area contributed by atoms with Crippen LogP contribution in [0.15, 0.2) is 11.0 Å². The van der Waals surface area contributed by atoms with Gasteiger partial charge in [-0.2, -0.15) is 4.98 Å². The highest BCUT2D eigenvalue weighted by atomic mass is 16.6. The molecule has 4 atom stereocenters. The monoisotopic (exact) mass is 609 g/mol. The quantitative estimate of drug-likeness (QED) is 0.114. The number of esters is 3. The fourth-order valence-corrected chi connectivity index (χ4v) is 5.03. The summed E-state index contributed by atoms with van der Waals surface area (Å²) in [4.78, 5) is 52.0. The van der Waals surface area contributed by atoms with E-state index in [-0.39, 0.29) is 43.4 Å². The van der Waals surface area contributed by atoms with Gasteiger partial charge < -0.3 is 29.8 Å². The van der Waals surface area contributed by atoms with E-state index in [1.54, 1.807) is 6.92 Å². The topological polar surface area (TPSA) is 169 Å². The van der Waals surface area contributed by atoms with Gasteiger partial charge in [0.2, 0.25) is 0 Å². The van der Waals surface area contributed by atoms with Crippen molar-refractivity contribution in [2.75, 3.05) is 12.3 Å². The maximum absolute atomic E-state index is 12.6. The van der Waals surface area contributed by atoms with Crippen LogP contribution in [0.2, 0.25) is 0 Å². The fourth-order valence-electron chi connectivity index (χ4n) is 5.03. The highest BCUT2D eigenvalue weighted by Crippen LogP contribution is 2.31. The number of anilines is 1. The molecule has 12 nitrogen and oxygen atoms in total. The molecule has 1 aromatic heterocycles. The lowest BCUT2D eigenvalue weighted by Gasteiger charge is -2.20. The Kier molecular flexibility index (Phi) is 16.9. The van der Waals surface area contributed by atoms with Crippen LogP contribution in [0.4, 0.5) is 5.82 Å². The second-order valence-corrected chi connectivity index (χ2v) is 11.2. The van der Waals surface area contributed by atoms with E-state index in [1.807, 2.05) is 0 Å². The van der Waals surface area contributed by atoms with Crippen LogP contribution in [-0.2, 0) is 39.9 Å². The lowest BCUT2D eigenvalue weighted by Crippen LogP contribution is -2.39. The lowest BCUT2D eigenvalue weighted by molar-refractivity contribution is -0.158. The average molecular weight is 610 g/mol. The Balaban J connectivity index is 1.79. The van der Waals surface area contributed by atoms with E-state index in [1.165, 1.54) is 70.4 Å². The molecule has 0 saturated carbocycles. The maximum Gasteiger partial charge on any atom is 0.351 e. The number of aliphatic hydroxyl groups is 1. The number of rotatable bonds is 21. The number of aromatic nitrogens is 2. The first-order valence-corrected chi connectivity index (χ1v) is 15.9. The molecular weight excluding hydrogens is 558 g/mol. The third kappa shape index (κ3) is 13.0. The van der Waals surface area contributed by atoms with E-state index in [0.29, 0.717) is 0 Å². The molecule has 2 rings (SSSR count). The minimum Gasteiger partial charge on any atom is -0.463 e. The van der Waals surface area contributed by atoms with Crippen LogP contribution < -0.4 is 11.4 Å². The molecule has 1 fully saturated rings. The number of unbranched alkanes of at least 4 members (excludes halogenated alkanes) is 12. The Labute approximate surface area is 254 Å². The smallest absolute Gasteiger partial charge is 0.351 e. The van der Waals surface area contributed by atoms with Crippen LogP contribution in [0.3, 0.4) is 0 Å². The van der Waals surface area contributed by atoms with Crippen molar-refractivity contribution in [2.24, 2.45) is 0 Å². The Morgan fingerprint density at radius 2 is 1.51 bits per heavy atom. The van der Waals surface area contributed by atoms with Crippen LogP contribution in [0.5, 0.6) is 0 Å². The molecule has 0 bridgehead atoms. The van der Waals surface area contributed by atoms with Gasteiger partial charge in [-0.05, 0) is 6.42 Å². The third-order valence-corrected chi connectivity index (χ3v) is 7.52. The predicted molar refractivity (Wildman–Crippen MR) is 160 cm³/mol. The van der Waals surface area contributed by atoms with Gasteiger partial charge >= 0.3 is 23.6 Å². The number of hydrogen-bond donors (Lipinski definition) is 2. The summed E-state index contributed by atoms with van der Waals surface area (Å²) in [5.74, 6) is -1.69. The van der Waals surface area contributed by atoms with E-state index in [0.717, 1.165) is 30.8 Å². The zero-order chi connectivity index (χ0) is 31.6. The highest BCUT2D eigenvalue weighted by molar-refractivity contribution is 5.69. The van der Waals surface area contributed by atoms with Gasteiger partial charge in [0.1, 0.15) is 31.2 Å². The van der Waals surface area contributed by atoms with Crippen molar-refractivity contribution < 1.29 is 38.4 Å². The molecule has 0 aromatic carbocycles. The summed E-state index contributed by atoms with van der Waals surface area (Å²) >= 11 is 0. The molecule has 0 spiro atoms. The summed E-state index contributed by atoms with van der Waals surface area (Å²) in [6.07, 6.45) is 12.4. The second-order valence-electron chi connectivity index (χ2n) is 11.2. The summed E-state index contributed by atoms with van der Waals surface area (Å²) in [6, 6.07) is 0. The van der Waals surface area contributed by atoms with Crippen molar-refractivity contribution in [1.29, 1.82) is 0 Å². The number of carbonyl (C=O) groups is 3. The first-order chi connectivity index (χ1) is 20.7. The van der Waals surface area contributed by atoms with Crippen molar-refractivity contribution in [2.45, 2.75) is 148 Å². The van der Waals surface area contributed by atoms with Crippen molar-refractivity contribution in [1.82, 2.24) is 9.55 Å². The first-order valence-electron chi connectivity index (χ1n) is 15.9. The Morgan fingerprint density at radius 1 is 0.930 bits per heavy atom. The van der Waals surface area contributed by atoms with Gasteiger partial charge in [0.05, 0.1) is 0 Å². The van der Waals surface area contributed by atoms with Gasteiger partial charge in [0.15, 0.2) is 12.3 Å². The van der Waals surface area contributed by atoms with Gasteiger partial charge in [-0.3, -0.25) is 19.0 Å². The fraction of sp³-hybridized carbons (Fsp3) is 0.774. The Hall–Kier alpha value is -2.99. The van der Waals surface area contributed by atoms with Crippen LogP contribution >= 0.6 is 0 Å². The van der Waals surface area contributed by atoms with Gasteiger partial charge in [-0.25, -0.2) is 4.79 Å². The molecule has 43 heavy (non-hydrogen) atoms. The molecule has 1 aliphatic heterocycles. The number of hydrogen-bond acceptors (Lipinski definition) is 11. The molecule has 12 heteroatoms. The molecule has 0 amide bonds. The molecule has 244 valence electrons. The zero-order valence-electron chi connectivity index (χ0n) is 26.1. The standard InChI is InChI=1S/C31H51N3O9/c1-4-6-7-8-9-10-11-12-13-14-15-16-17-18-26(37)40-20-23-19-34(31(39)33-29(23)32)30-27(38)28(42-22(3)35)24(43-30)21-41-25(36)5-2/h19,24,27-28,30,38H,4-18,20-21H2,1-3H3,(H2,32,33,39)/t24-,27+,28-,30-/m1/s1. The van der Waals surface area contributed by atoms with Crippen molar-refractivity contribution in [3.05, 3.63) is 22.2 Å². The van der Waals surface area contributed by atoms with E-state index >= 15 is 0 Å². The summed E-state index contributed by atoms with van der Waals surface area (Å²) < 4.78 is 22.4. The summed E-state index contributed by atoms with van der Waals surface area (Å²) in [5.41, 5.74) is 5.33. The number of nitrogen functional groups attached to an aromatic ring is 1. The van der Waals surface area contributed by atoms with E-state index in [2.05, 4.69) is 11.9 Å². The number of nitrogens with two attached hydrogens (primary N) is 1. The van der Waals surface area contributed by atoms with Gasteiger partial charge in [0.25, 0.3) is 0 Å². The van der Waals surface area contributed by atoms with Crippen LogP contribution in [0.1, 0.15) is 129 Å². The van der Waals surface area contributed by atoms with Gasteiger partial charge in [-0.15, -0.1) is 0 Å². The van der Waals surface area contributed by atoms with Crippen LogP contribution in [0, 0.1) is 0 Å². The predicted octanol–water partition coefficient (Wildman–Crippen LogP) is 4.49. The summed E-state index contributed by atoms with van der Waals surface area (Å²) in [7, 11) is 0. The SMILES string of the molecule is CCCCCCCCCCCCCCCC(=O)OCc1cn([C@@H]2O[C@H](COC(=O)CC)[C@@H](OC(C)=O)[C@@H]2O)c(=O)nc1N. The minimum absolute atomic E-state index is 0.118. The van der Waals surface area contributed by atoms with Gasteiger partial charge in [-0.1, -0.05) is 90.9 Å². The van der Waals surface area contributed by atoms with E-state index in [4.69, 9.17) is 24.7 Å². The molecule has 0 aliphatic carbocycles. The first kappa shape index (κ1) is 36.2. The zero-order valence-corrected chi connectivity index (χ0v) is 26.1. The molecule has 1 aromatic rings. The van der Waals surface area contributed by atoms with E-state index in [9.17, 15) is 24.3 Å². The molecule has 2 heterocycles. The molecule has 0 radical (unpaired) electrons. The van der Waals surface area contributed by atoms with Crippen LogP contribution in [0.25, 0.3) is 0 Å². The van der Waals surface area contributed by atoms with Crippen LogP contribution in [-0.4, -0.2) is 57.5 Å². The maximum atomic E-state index is 12.6. The minimum atomic E-state index is -1.47. The summed E-state index contributed by atoms with van der Waals surface area (Å²) in [5, 5.41) is 10.8. The molecule has 1 aliphatic rings. The summed E-state index contributed by atoms with van der Waals surface area (Å²) in [6.45, 7) is 4.51. The van der Waals surface area contributed by atoms with Crippen molar-refractivity contribution in [3.63, 3.8) is 0 Å². The number of ether oxygens (including phenoxy) is 4. The van der Waals surface area contributed by atoms with Crippen molar-refractivity contribution in [3.8, 4) is 0 Å². The normalized spacial score (nSPS) is 19.7. The number of aliphatic hydroxyl groups excluding tert-OH is 1. The van der Waals surface area contributed by atoms with Crippen molar-refractivity contribution >= 4 is 23.7 Å². The largest absolute Gasteiger partial charge is 0.463 e. The molecule has 0 unspecified atom stereocenters. The Morgan fingerprint density at radius 3 is 2.07 bits per heavy atom. The molecule has 3 N–H and O–H groups in total. The lowest BCUT2D eigenvalue weighted by atomic mass is 10.0. The Bertz CT molecular complexity index is 1060. The average Bonchev–Trinajstić information content (AvgIpc) is 3.27. The molecular formula is C31H51N3O9. The number of carbonyl (C=O) groups excluding carboxylic acids is 3. The molecule has 1 saturated heterocycles.